The summed E-state index contributed by atoms with van der Waals surface area (Å²) < 4.78 is 12.7. The lowest BCUT2D eigenvalue weighted by Crippen LogP contribution is -2.38. The molecule has 2 aliphatic heterocycles. The van der Waals surface area contributed by atoms with Crippen molar-refractivity contribution in [2.24, 2.45) is 0 Å². The first-order chi connectivity index (χ1) is 14.8. The van der Waals surface area contributed by atoms with E-state index < -0.39 is 0 Å². The third kappa shape index (κ3) is 4.07. The molecule has 30 heavy (non-hydrogen) atoms. The number of benzene rings is 2. The van der Waals surface area contributed by atoms with E-state index >= 15 is 0 Å². The fourth-order valence-corrected chi connectivity index (χ4v) is 5.43. The van der Waals surface area contributed by atoms with Gasteiger partial charge < -0.3 is 14.4 Å². The monoisotopic (exact) mass is 422 g/mol. The van der Waals surface area contributed by atoms with Crippen molar-refractivity contribution in [3.63, 3.8) is 0 Å². The summed E-state index contributed by atoms with van der Waals surface area (Å²) in [6.07, 6.45) is 5.40. The number of nitrogens with zero attached hydrogens (tertiary/aromatic N) is 2. The minimum absolute atomic E-state index is 0.0418. The van der Waals surface area contributed by atoms with Crippen molar-refractivity contribution in [3.8, 4) is 5.75 Å². The number of likely N-dealkylation sites (tertiary alicyclic amines) is 1. The average Bonchev–Trinajstić information content (AvgIpc) is 3.47. The highest BCUT2D eigenvalue weighted by atomic mass is 32.1. The van der Waals surface area contributed by atoms with Gasteiger partial charge in [-0.15, -0.1) is 11.3 Å². The van der Waals surface area contributed by atoms with Crippen LogP contribution in [0.1, 0.15) is 53.5 Å². The predicted molar refractivity (Wildman–Crippen MR) is 118 cm³/mol. The second kappa shape index (κ2) is 8.74. The van der Waals surface area contributed by atoms with Crippen molar-refractivity contribution >= 4 is 27.5 Å². The molecule has 0 saturated carbocycles. The lowest BCUT2D eigenvalue weighted by atomic mass is 10.0. The Kier molecular flexibility index (Phi) is 5.69. The molecule has 0 radical (unpaired) electrons. The molecule has 2 fully saturated rings. The highest BCUT2D eigenvalue weighted by Crippen LogP contribution is 2.36. The molecule has 6 heteroatoms. The maximum absolute atomic E-state index is 13.4. The summed E-state index contributed by atoms with van der Waals surface area (Å²) in [5, 5.41) is 1.04. The third-order valence-electron chi connectivity index (χ3n) is 5.90. The van der Waals surface area contributed by atoms with Gasteiger partial charge in [-0.05, 0) is 62.4 Å². The molecule has 1 aromatic heterocycles. The van der Waals surface area contributed by atoms with Gasteiger partial charge in [0.15, 0.2) is 0 Å². The fourth-order valence-electron chi connectivity index (χ4n) is 4.31. The molecule has 0 spiro atoms. The highest BCUT2D eigenvalue weighted by Gasteiger charge is 2.31. The number of thiazole rings is 1. The van der Waals surface area contributed by atoms with Crippen LogP contribution in [0, 0.1) is 0 Å². The lowest BCUT2D eigenvalue weighted by molar-refractivity contribution is 0.0608. The molecule has 5 nitrogen and oxygen atoms in total. The molecule has 2 saturated heterocycles. The van der Waals surface area contributed by atoms with Gasteiger partial charge in [0.1, 0.15) is 17.4 Å². The summed E-state index contributed by atoms with van der Waals surface area (Å²) in [7, 11) is 0. The number of piperidine rings is 1. The van der Waals surface area contributed by atoms with Crippen LogP contribution in [0.15, 0.2) is 48.5 Å². The number of hydrogen-bond donors (Lipinski definition) is 0. The smallest absolute Gasteiger partial charge is 0.254 e. The first kappa shape index (κ1) is 19.5. The van der Waals surface area contributed by atoms with Crippen LogP contribution >= 0.6 is 11.3 Å². The zero-order valence-corrected chi connectivity index (χ0v) is 17.8. The second-order valence-corrected chi connectivity index (χ2v) is 9.07. The molecule has 2 aliphatic rings. The summed E-state index contributed by atoms with van der Waals surface area (Å²) in [5.41, 5.74) is 1.69. The van der Waals surface area contributed by atoms with Gasteiger partial charge in [-0.1, -0.05) is 18.2 Å². The summed E-state index contributed by atoms with van der Waals surface area (Å²) in [6, 6.07) is 15.8. The Balaban J connectivity index is 1.35. The van der Waals surface area contributed by atoms with E-state index in [1.807, 2.05) is 47.4 Å². The molecule has 3 heterocycles. The Bertz CT molecular complexity index is 995. The molecule has 1 amide bonds. The lowest BCUT2D eigenvalue weighted by Gasteiger charge is -2.34. The standard InChI is InChI=1S/C24H26N2O3S/c27-24(17-7-5-8-18(15-17)29-16-19-9-6-14-28-19)26-13-4-3-11-21(26)23-25-20-10-1-2-12-22(20)30-23/h1-2,5,7-8,10,12,15,19,21H,3-4,6,9,11,13-14,16H2. The Morgan fingerprint density at radius 2 is 2.07 bits per heavy atom. The van der Waals surface area contributed by atoms with Crippen molar-refractivity contribution in [1.29, 1.82) is 0 Å². The normalized spacial score (nSPS) is 21.8. The van der Waals surface area contributed by atoms with Crippen molar-refractivity contribution in [3.05, 3.63) is 59.1 Å². The average molecular weight is 423 g/mol. The van der Waals surface area contributed by atoms with Crippen LogP contribution in [0.3, 0.4) is 0 Å². The molecule has 156 valence electrons. The van der Waals surface area contributed by atoms with Crippen LogP contribution in [0.4, 0.5) is 0 Å². The van der Waals surface area contributed by atoms with Crippen LogP contribution in [0.2, 0.25) is 0 Å². The number of hydrogen-bond acceptors (Lipinski definition) is 5. The first-order valence-corrected chi connectivity index (χ1v) is 11.6. The summed E-state index contributed by atoms with van der Waals surface area (Å²) >= 11 is 1.70. The van der Waals surface area contributed by atoms with E-state index in [1.165, 1.54) is 4.70 Å². The van der Waals surface area contributed by atoms with Crippen LogP contribution in [-0.4, -0.2) is 41.7 Å². The zero-order chi connectivity index (χ0) is 20.3. The number of ether oxygens (including phenoxy) is 2. The summed E-state index contributed by atoms with van der Waals surface area (Å²) in [4.78, 5) is 20.3. The number of fused-ring (bicyclic) bond motifs is 1. The molecule has 5 rings (SSSR count). The number of amides is 1. The minimum Gasteiger partial charge on any atom is -0.491 e. The van der Waals surface area contributed by atoms with Gasteiger partial charge in [-0.25, -0.2) is 4.98 Å². The molecule has 0 aliphatic carbocycles. The first-order valence-electron chi connectivity index (χ1n) is 10.8. The number of para-hydroxylation sites is 1. The molecule has 3 aromatic rings. The Morgan fingerprint density at radius 3 is 2.93 bits per heavy atom. The van der Waals surface area contributed by atoms with E-state index in [9.17, 15) is 4.79 Å². The molecular weight excluding hydrogens is 396 g/mol. The zero-order valence-electron chi connectivity index (χ0n) is 17.0. The highest BCUT2D eigenvalue weighted by molar-refractivity contribution is 7.18. The van der Waals surface area contributed by atoms with E-state index in [1.54, 1.807) is 11.3 Å². The second-order valence-electron chi connectivity index (χ2n) is 8.00. The van der Waals surface area contributed by atoms with Crippen molar-refractivity contribution < 1.29 is 14.3 Å². The van der Waals surface area contributed by atoms with Crippen LogP contribution in [0.25, 0.3) is 10.2 Å². The Labute approximate surface area is 180 Å². The topological polar surface area (TPSA) is 51.7 Å². The van der Waals surface area contributed by atoms with Crippen molar-refractivity contribution in [2.45, 2.75) is 44.2 Å². The summed E-state index contributed by atoms with van der Waals surface area (Å²) in [5.74, 6) is 0.784. The largest absolute Gasteiger partial charge is 0.491 e. The van der Waals surface area contributed by atoms with Gasteiger partial charge >= 0.3 is 0 Å². The fraction of sp³-hybridized carbons (Fsp3) is 0.417. The van der Waals surface area contributed by atoms with Gasteiger partial charge in [0.2, 0.25) is 0 Å². The van der Waals surface area contributed by atoms with Gasteiger partial charge in [0, 0.05) is 18.7 Å². The molecule has 2 aromatic carbocycles. The van der Waals surface area contributed by atoms with Gasteiger partial charge in [-0.3, -0.25) is 4.79 Å². The Hall–Kier alpha value is -2.44. The van der Waals surface area contributed by atoms with E-state index in [4.69, 9.17) is 14.5 Å². The van der Waals surface area contributed by atoms with Crippen molar-refractivity contribution in [1.82, 2.24) is 9.88 Å². The molecular formula is C24H26N2O3S. The predicted octanol–water partition coefficient (Wildman–Crippen LogP) is 5.22. The maximum atomic E-state index is 13.4. The summed E-state index contributed by atoms with van der Waals surface area (Å²) in [6.45, 7) is 2.12. The van der Waals surface area contributed by atoms with E-state index in [0.29, 0.717) is 12.2 Å². The molecule has 2 unspecified atom stereocenters. The van der Waals surface area contributed by atoms with Gasteiger partial charge in [0.25, 0.3) is 5.91 Å². The number of aromatic nitrogens is 1. The number of rotatable bonds is 5. The van der Waals surface area contributed by atoms with E-state index in [0.717, 1.165) is 61.5 Å². The third-order valence-corrected chi connectivity index (χ3v) is 7.04. The molecule has 0 bridgehead atoms. The number of carbonyl (C=O) groups is 1. The van der Waals surface area contributed by atoms with E-state index in [2.05, 4.69) is 6.07 Å². The molecule has 0 N–H and O–H groups in total. The van der Waals surface area contributed by atoms with Crippen LogP contribution in [-0.2, 0) is 4.74 Å². The Morgan fingerprint density at radius 1 is 1.13 bits per heavy atom. The maximum Gasteiger partial charge on any atom is 0.254 e. The van der Waals surface area contributed by atoms with E-state index in [-0.39, 0.29) is 18.1 Å². The SMILES string of the molecule is O=C(c1cccc(OCC2CCCO2)c1)N1CCCCC1c1nc2ccccc2s1. The van der Waals surface area contributed by atoms with Crippen molar-refractivity contribution in [2.75, 3.05) is 19.8 Å². The minimum atomic E-state index is 0.0418. The van der Waals surface area contributed by atoms with Crippen LogP contribution in [0.5, 0.6) is 5.75 Å². The molecule has 2 atom stereocenters. The van der Waals surface area contributed by atoms with Gasteiger partial charge in [0.05, 0.1) is 22.4 Å². The van der Waals surface area contributed by atoms with Gasteiger partial charge in [-0.2, -0.15) is 0 Å². The quantitative estimate of drug-likeness (QED) is 0.566. The van der Waals surface area contributed by atoms with Crippen LogP contribution < -0.4 is 4.74 Å². The number of carbonyl (C=O) groups excluding carboxylic acids is 1.